The lowest BCUT2D eigenvalue weighted by Gasteiger charge is -2.42. The van der Waals surface area contributed by atoms with Crippen LogP contribution in [0.2, 0.25) is 5.02 Å². The lowest BCUT2D eigenvalue weighted by atomic mass is 9.66. The molecule has 2 aromatic rings. The molecule has 9 heteroatoms. The Bertz CT molecular complexity index is 1500. The monoisotopic (exact) mass is 707 g/mol. The highest BCUT2D eigenvalue weighted by molar-refractivity contribution is 7.84. The molecular formula is C40H54ClN3O4S. The Labute approximate surface area is 301 Å². The molecule has 1 N–H and O–H groups in total. The maximum Gasteiger partial charge on any atom is 0.262 e. The van der Waals surface area contributed by atoms with Crippen LogP contribution in [0.4, 0.5) is 0 Å². The first kappa shape index (κ1) is 37.6. The number of halogens is 1. The number of carbonyl (C=O) groups is 1. The fourth-order valence-corrected chi connectivity index (χ4v) is 8.38. The fraction of sp³-hybridized carbons (Fsp3) is 0.575. The van der Waals surface area contributed by atoms with E-state index in [1.54, 1.807) is 12.1 Å². The maximum absolute atomic E-state index is 13.2. The SMILES string of the molecule is CCCc1cc(Cl)ccc1C1COc2ccc(cc2)C(=O)NS(=O)C(C)C(C)C/C=C/C(C#CCN2CCOCC2)C2CCC2CN(C)C1. The zero-order valence-electron chi connectivity index (χ0n) is 29.7. The van der Waals surface area contributed by atoms with Crippen molar-refractivity contribution in [2.24, 2.45) is 23.7 Å². The minimum absolute atomic E-state index is 0.120. The second kappa shape index (κ2) is 18.5. The second-order valence-electron chi connectivity index (χ2n) is 14.2. The van der Waals surface area contributed by atoms with Crippen LogP contribution in [0.25, 0.3) is 0 Å². The fourth-order valence-electron chi connectivity index (χ4n) is 7.16. The molecule has 3 heterocycles. The summed E-state index contributed by atoms with van der Waals surface area (Å²) >= 11 is 6.47. The quantitative estimate of drug-likeness (QED) is 0.281. The summed E-state index contributed by atoms with van der Waals surface area (Å²) in [7, 11) is 0.720. The molecule has 2 fully saturated rings. The van der Waals surface area contributed by atoms with Crippen LogP contribution in [-0.4, -0.2) is 84.8 Å². The number of amides is 1. The number of ether oxygens (including phenoxy) is 2. The van der Waals surface area contributed by atoms with E-state index in [0.29, 0.717) is 29.8 Å². The number of likely N-dealkylation sites (N-methyl/N-ethyl adjacent to an activating group) is 1. The molecule has 1 saturated heterocycles. The third kappa shape index (κ3) is 10.7. The molecule has 2 bridgehead atoms. The minimum atomic E-state index is -1.51. The number of nitrogens with one attached hydrogen (secondary N) is 1. The standard InChI is InChI=1S/C40H54ClN3O4S/c1-5-8-33-25-36(41)15-19-39(33)35-27-43(4)26-34-14-18-38(34)31(11-7-20-44-21-23-47-24-22-44)10-6-9-29(2)30(3)49(46)42-40(45)32-12-16-37(17-13-32)48-28-35/h6,10,12-13,15-17,19,25,29-31,34-35,38H,5,8-9,14,18,20-24,26-28H2,1-4H3,(H,42,45)/b10-6+. The lowest BCUT2D eigenvalue weighted by molar-refractivity contribution is 0.0443. The smallest absolute Gasteiger partial charge is 0.262 e. The van der Waals surface area contributed by atoms with E-state index in [0.717, 1.165) is 70.2 Å². The predicted molar refractivity (Wildman–Crippen MR) is 200 cm³/mol. The van der Waals surface area contributed by atoms with Gasteiger partial charge in [-0.05, 0) is 105 Å². The highest BCUT2D eigenvalue weighted by Crippen LogP contribution is 2.41. The third-order valence-electron chi connectivity index (χ3n) is 10.5. The summed E-state index contributed by atoms with van der Waals surface area (Å²) in [5, 5.41) is 0.553. The Morgan fingerprint density at radius 1 is 1.06 bits per heavy atom. The molecule has 1 aliphatic carbocycles. The van der Waals surface area contributed by atoms with Crippen LogP contribution in [0.15, 0.2) is 54.6 Å². The zero-order valence-corrected chi connectivity index (χ0v) is 31.2. The largest absolute Gasteiger partial charge is 0.493 e. The van der Waals surface area contributed by atoms with Gasteiger partial charge in [0.25, 0.3) is 5.91 Å². The van der Waals surface area contributed by atoms with Crippen molar-refractivity contribution in [1.82, 2.24) is 14.5 Å². The summed E-state index contributed by atoms with van der Waals surface area (Å²) in [4.78, 5) is 17.9. The number of nitrogens with zero attached hydrogens (tertiary/aromatic N) is 2. The minimum Gasteiger partial charge on any atom is -0.493 e. The van der Waals surface area contributed by atoms with E-state index in [4.69, 9.17) is 21.1 Å². The number of hydrogen-bond donors (Lipinski definition) is 1. The van der Waals surface area contributed by atoms with Gasteiger partial charge in [0.05, 0.1) is 31.6 Å². The molecule has 7 nitrogen and oxygen atoms in total. The van der Waals surface area contributed by atoms with Crippen LogP contribution in [0, 0.1) is 35.5 Å². The first-order valence-corrected chi connectivity index (χ1v) is 19.7. The molecule has 0 radical (unpaired) electrons. The highest BCUT2D eigenvalue weighted by atomic mass is 35.5. The molecule has 7 atom stereocenters. The molecule has 7 unspecified atom stereocenters. The molecule has 6 rings (SSSR count). The average molecular weight is 708 g/mol. The summed E-state index contributed by atoms with van der Waals surface area (Å²) in [6.07, 6.45) is 9.68. The van der Waals surface area contributed by atoms with Crippen molar-refractivity contribution < 1.29 is 18.5 Å². The van der Waals surface area contributed by atoms with Crippen molar-refractivity contribution >= 4 is 28.5 Å². The van der Waals surface area contributed by atoms with Gasteiger partial charge in [0.2, 0.25) is 0 Å². The molecule has 2 aromatic carbocycles. The van der Waals surface area contributed by atoms with Gasteiger partial charge < -0.3 is 14.4 Å². The molecule has 0 aromatic heterocycles. The van der Waals surface area contributed by atoms with Crippen molar-refractivity contribution in [3.05, 3.63) is 76.3 Å². The first-order chi connectivity index (χ1) is 23.7. The number of morpholine rings is 1. The van der Waals surface area contributed by atoms with E-state index in [1.165, 1.54) is 24.0 Å². The van der Waals surface area contributed by atoms with Crippen LogP contribution in [0.3, 0.4) is 0 Å². The Kier molecular flexibility index (Phi) is 14.2. The van der Waals surface area contributed by atoms with Gasteiger partial charge in [0.1, 0.15) is 16.7 Å². The van der Waals surface area contributed by atoms with Gasteiger partial charge in [-0.2, -0.15) is 0 Å². The zero-order chi connectivity index (χ0) is 34.8. The van der Waals surface area contributed by atoms with E-state index < -0.39 is 11.0 Å². The summed E-state index contributed by atoms with van der Waals surface area (Å²) in [5.41, 5.74) is 3.01. The summed E-state index contributed by atoms with van der Waals surface area (Å²) in [5.74, 6) is 9.02. The van der Waals surface area contributed by atoms with Gasteiger partial charge >= 0.3 is 0 Å². The van der Waals surface area contributed by atoms with Crippen LogP contribution in [-0.2, 0) is 22.1 Å². The van der Waals surface area contributed by atoms with Gasteiger partial charge in [-0.25, -0.2) is 4.21 Å². The van der Waals surface area contributed by atoms with Crippen molar-refractivity contribution in [3.63, 3.8) is 0 Å². The van der Waals surface area contributed by atoms with E-state index in [9.17, 15) is 9.00 Å². The number of hydrogen-bond acceptors (Lipinski definition) is 6. The third-order valence-corrected chi connectivity index (χ3v) is 12.3. The van der Waals surface area contributed by atoms with Crippen LogP contribution < -0.4 is 9.46 Å². The van der Waals surface area contributed by atoms with E-state index in [2.05, 4.69) is 71.5 Å². The Morgan fingerprint density at radius 3 is 2.55 bits per heavy atom. The summed E-state index contributed by atoms with van der Waals surface area (Å²) in [6.45, 7) is 12.8. The Morgan fingerprint density at radius 2 is 1.84 bits per heavy atom. The average Bonchev–Trinajstić information content (AvgIpc) is 3.08. The number of aryl methyl sites for hydroxylation is 1. The summed E-state index contributed by atoms with van der Waals surface area (Å²) < 4.78 is 27.9. The molecule has 3 aliphatic heterocycles. The van der Waals surface area contributed by atoms with E-state index >= 15 is 0 Å². The topological polar surface area (TPSA) is 71.1 Å². The van der Waals surface area contributed by atoms with Gasteiger partial charge in [-0.1, -0.05) is 61.9 Å². The number of fused-ring (bicyclic) bond motifs is 14. The van der Waals surface area contributed by atoms with Crippen LogP contribution in [0.1, 0.15) is 73.9 Å². The summed E-state index contributed by atoms with van der Waals surface area (Å²) in [6, 6.07) is 13.4. The Hall–Kier alpha value is -2.67. The molecular weight excluding hydrogens is 654 g/mol. The number of carbonyl (C=O) groups excluding carboxylic acids is 1. The second-order valence-corrected chi connectivity index (χ2v) is 16.1. The number of rotatable bonds is 4. The Balaban J connectivity index is 1.41. The van der Waals surface area contributed by atoms with Gasteiger partial charge in [0.15, 0.2) is 0 Å². The van der Waals surface area contributed by atoms with Crippen LogP contribution >= 0.6 is 11.6 Å². The van der Waals surface area contributed by atoms with Crippen molar-refractivity contribution in [3.8, 4) is 17.6 Å². The molecule has 1 saturated carbocycles. The first-order valence-electron chi connectivity index (χ1n) is 18.1. The molecule has 49 heavy (non-hydrogen) atoms. The lowest BCUT2D eigenvalue weighted by Crippen LogP contribution is -2.41. The molecule has 1 amide bonds. The van der Waals surface area contributed by atoms with Crippen molar-refractivity contribution in [2.75, 3.05) is 59.6 Å². The molecule has 266 valence electrons. The highest BCUT2D eigenvalue weighted by Gasteiger charge is 2.36. The van der Waals surface area contributed by atoms with Gasteiger partial charge in [-0.3, -0.25) is 14.4 Å². The van der Waals surface area contributed by atoms with Crippen molar-refractivity contribution in [1.29, 1.82) is 0 Å². The number of allylic oxidation sites excluding steroid dienone is 2. The predicted octanol–water partition coefficient (Wildman–Crippen LogP) is 6.74. The van der Waals surface area contributed by atoms with Crippen LogP contribution in [0.5, 0.6) is 5.75 Å². The van der Waals surface area contributed by atoms with E-state index in [-0.39, 0.29) is 28.9 Å². The molecule has 4 aliphatic rings. The number of benzene rings is 2. The normalized spacial score (nSPS) is 30.0. The maximum atomic E-state index is 13.2. The van der Waals surface area contributed by atoms with Gasteiger partial charge in [-0.15, -0.1) is 0 Å². The van der Waals surface area contributed by atoms with E-state index in [1.807, 2.05) is 25.1 Å². The van der Waals surface area contributed by atoms with Gasteiger partial charge in [0, 0.05) is 48.6 Å². The van der Waals surface area contributed by atoms with Crippen molar-refractivity contribution in [2.45, 2.75) is 64.0 Å². The molecule has 0 spiro atoms.